The van der Waals surface area contributed by atoms with Gasteiger partial charge in [0, 0.05) is 0 Å². The fourth-order valence-corrected chi connectivity index (χ4v) is 0.184. The first-order valence-electron chi connectivity index (χ1n) is 1.98. The van der Waals surface area contributed by atoms with Gasteiger partial charge in [0.05, 0.1) is 13.7 Å². The van der Waals surface area contributed by atoms with Crippen LogP contribution in [0.15, 0.2) is 0 Å². The van der Waals surface area contributed by atoms with Gasteiger partial charge >= 0.3 is 6.16 Å². The molecular weight excluding hydrogens is 112 g/mol. The standard InChI is InChI=1S/C4H6O4/c1-7-2-3-8-4(5)6/h1-3H2. The van der Waals surface area contributed by atoms with Crippen molar-refractivity contribution in [2.75, 3.05) is 13.2 Å². The van der Waals surface area contributed by atoms with E-state index in [0.29, 0.717) is 0 Å². The predicted molar refractivity (Wildman–Crippen MR) is 23.3 cm³/mol. The summed E-state index contributed by atoms with van der Waals surface area (Å²) < 4.78 is 8.15. The smallest absolute Gasteiger partial charge is 0.429 e. The summed E-state index contributed by atoms with van der Waals surface area (Å²) in [5.41, 5.74) is 0. The molecule has 0 aliphatic rings. The average molecular weight is 118 g/mol. The summed E-state index contributed by atoms with van der Waals surface area (Å²) in [5, 5.41) is 9.46. The van der Waals surface area contributed by atoms with E-state index in [2.05, 4.69) is 16.6 Å². The number of carbonyl (C=O) groups is 1. The fourth-order valence-electron chi connectivity index (χ4n) is 0.184. The first kappa shape index (κ1) is 7.23. The van der Waals surface area contributed by atoms with Crippen molar-refractivity contribution < 1.29 is 19.4 Å². The minimum Gasteiger partial charge on any atom is -0.429 e. The van der Waals surface area contributed by atoms with Crippen molar-refractivity contribution in [2.24, 2.45) is 0 Å². The van der Waals surface area contributed by atoms with Gasteiger partial charge in [0.1, 0.15) is 6.61 Å². The highest BCUT2D eigenvalue weighted by molar-refractivity contribution is 5.56. The highest BCUT2D eigenvalue weighted by Crippen LogP contribution is 1.76. The molecule has 0 aromatic rings. The predicted octanol–water partition coefficient (Wildman–Crippen LogP) is 0.362. The summed E-state index contributed by atoms with van der Waals surface area (Å²) in [5.74, 6) is 0. The topological polar surface area (TPSA) is 55.4 Å². The highest BCUT2D eigenvalue weighted by Gasteiger charge is 1.95. The molecule has 0 aliphatic heterocycles. The van der Waals surface area contributed by atoms with Gasteiger partial charge in [0.25, 0.3) is 0 Å². The number of hydrogen-bond donors (Lipinski definition) is 0. The average Bonchev–Trinajstić information content (AvgIpc) is 1.66. The Kier molecular flexibility index (Phi) is 3.97. The van der Waals surface area contributed by atoms with E-state index in [-0.39, 0.29) is 13.2 Å². The summed E-state index contributed by atoms with van der Waals surface area (Å²) in [7, 11) is 2.99. The Balaban J connectivity index is 2.82. The van der Waals surface area contributed by atoms with Crippen LogP contribution in [-0.4, -0.2) is 19.4 Å². The molecule has 0 fully saturated rings. The van der Waals surface area contributed by atoms with Crippen LogP contribution < -0.4 is 0 Å². The van der Waals surface area contributed by atoms with Crippen molar-refractivity contribution in [2.45, 2.75) is 0 Å². The minimum atomic E-state index is -1.54. The Morgan fingerprint density at radius 1 is 1.50 bits per heavy atom. The van der Waals surface area contributed by atoms with Crippen molar-refractivity contribution >= 4 is 6.16 Å². The third-order valence-electron chi connectivity index (χ3n) is 0.448. The Hall–Kier alpha value is -0.770. The summed E-state index contributed by atoms with van der Waals surface area (Å²) >= 11 is 0. The van der Waals surface area contributed by atoms with Gasteiger partial charge in [-0.25, -0.2) is 0 Å². The van der Waals surface area contributed by atoms with E-state index < -0.39 is 6.16 Å². The van der Waals surface area contributed by atoms with E-state index in [4.69, 9.17) is 0 Å². The van der Waals surface area contributed by atoms with E-state index in [1.54, 1.807) is 0 Å². The van der Waals surface area contributed by atoms with Crippen molar-refractivity contribution in [1.29, 1.82) is 0 Å². The van der Waals surface area contributed by atoms with E-state index in [1.165, 1.54) is 0 Å². The molecule has 4 nitrogen and oxygen atoms in total. The van der Waals surface area contributed by atoms with Gasteiger partial charge in [-0.1, -0.05) is 0 Å². The first-order valence-corrected chi connectivity index (χ1v) is 1.98. The molecule has 0 atom stereocenters. The molecule has 0 heterocycles. The van der Waals surface area contributed by atoms with Gasteiger partial charge in [-0.2, -0.15) is 9.90 Å². The van der Waals surface area contributed by atoms with E-state index in [9.17, 15) is 9.90 Å². The third kappa shape index (κ3) is 5.23. The molecule has 0 aromatic carbocycles. The lowest BCUT2D eigenvalue weighted by molar-refractivity contribution is 0.0505. The van der Waals surface area contributed by atoms with Gasteiger partial charge in [-0.3, -0.25) is 0 Å². The lowest BCUT2D eigenvalue weighted by Crippen LogP contribution is -2.04. The zero-order valence-corrected chi connectivity index (χ0v) is 4.25. The molecule has 0 saturated carbocycles. The molecule has 0 unspecified atom stereocenters. The molecule has 4 heteroatoms. The molecule has 0 aromatic heterocycles. The molecule has 0 N–H and O–H groups in total. The Bertz CT molecular complexity index is 70.4. The third-order valence-corrected chi connectivity index (χ3v) is 0.448. The SMILES string of the molecule is [CH2]OCCOC([O])=O. The van der Waals surface area contributed by atoms with Crippen LogP contribution in [0.4, 0.5) is 4.79 Å². The molecule has 0 saturated heterocycles. The van der Waals surface area contributed by atoms with E-state index >= 15 is 0 Å². The maximum absolute atomic E-state index is 9.46. The quantitative estimate of drug-likeness (QED) is 0.397. The van der Waals surface area contributed by atoms with Crippen LogP contribution >= 0.6 is 0 Å². The van der Waals surface area contributed by atoms with Gasteiger partial charge in [-0.05, 0) is 0 Å². The molecule has 0 rings (SSSR count). The molecule has 0 amide bonds. The monoisotopic (exact) mass is 118 g/mol. The van der Waals surface area contributed by atoms with Crippen LogP contribution in [0.3, 0.4) is 0 Å². The van der Waals surface area contributed by atoms with Crippen molar-refractivity contribution in [3.63, 3.8) is 0 Å². The Morgan fingerprint density at radius 3 is 2.50 bits per heavy atom. The molecule has 0 spiro atoms. The Morgan fingerprint density at radius 2 is 2.12 bits per heavy atom. The second-order valence-corrected chi connectivity index (χ2v) is 1.01. The molecule has 0 aliphatic carbocycles. The second-order valence-electron chi connectivity index (χ2n) is 1.01. The lowest BCUT2D eigenvalue weighted by Gasteiger charge is -1.93. The summed E-state index contributed by atoms with van der Waals surface area (Å²) in [6.07, 6.45) is -1.54. The summed E-state index contributed by atoms with van der Waals surface area (Å²) in [4.78, 5) is 9.46. The molecule has 8 heavy (non-hydrogen) atoms. The zero-order chi connectivity index (χ0) is 6.41. The van der Waals surface area contributed by atoms with Crippen LogP contribution in [-0.2, 0) is 14.6 Å². The van der Waals surface area contributed by atoms with Crippen molar-refractivity contribution in [3.8, 4) is 0 Å². The van der Waals surface area contributed by atoms with Gasteiger partial charge in [-0.15, -0.1) is 0 Å². The maximum Gasteiger partial charge on any atom is 0.550 e. The molecule has 46 valence electrons. The maximum atomic E-state index is 9.46. The lowest BCUT2D eigenvalue weighted by atomic mass is 10.8. The normalized spacial score (nSPS) is 8.62. The minimum absolute atomic E-state index is 0.0220. The Labute approximate surface area is 47.0 Å². The molecule has 0 bridgehead atoms. The van der Waals surface area contributed by atoms with Crippen LogP contribution in [0.2, 0.25) is 0 Å². The number of ether oxygens (including phenoxy) is 2. The van der Waals surface area contributed by atoms with Gasteiger partial charge < -0.3 is 9.47 Å². The van der Waals surface area contributed by atoms with Crippen molar-refractivity contribution in [3.05, 3.63) is 7.11 Å². The second kappa shape index (κ2) is 4.39. The summed E-state index contributed by atoms with van der Waals surface area (Å²) in [6, 6.07) is 0. The van der Waals surface area contributed by atoms with Gasteiger partial charge in [0.15, 0.2) is 0 Å². The van der Waals surface area contributed by atoms with Crippen molar-refractivity contribution in [1.82, 2.24) is 0 Å². The zero-order valence-electron chi connectivity index (χ0n) is 4.25. The van der Waals surface area contributed by atoms with Crippen LogP contribution in [0.5, 0.6) is 0 Å². The van der Waals surface area contributed by atoms with Crippen LogP contribution in [0.25, 0.3) is 0 Å². The number of carbonyl (C=O) groups excluding carboxylic acids is 1. The fraction of sp³-hybridized carbons (Fsp3) is 0.500. The highest BCUT2D eigenvalue weighted by atomic mass is 16.7. The summed E-state index contributed by atoms with van der Waals surface area (Å²) in [6.45, 7) is 0.139. The van der Waals surface area contributed by atoms with Gasteiger partial charge in [0.2, 0.25) is 0 Å². The molecule has 2 radical (unpaired) electrons. The molecular formula is C4H6O4. The first-order chi connectivity index (χ1) is 3.77. The largest absolute Gasteiger partial charge is 0.550 e. The van der Waals surface area contributed by atoms with Crippen LogP contribution in [0.1, 0.15) is 0 Å². The van der Waals surface area contributed by atoms with Crippen LogP contribution in [0, 0.1) is 7.11 Å². The van der Waals surface area contributed by atoms with E-state index in [0.717, 1.165) is 0 Å². The number of rotatable bonds is 3. The number of hydrogen-bond acceptors (Lipinski definition) is 3. The van der Waals surface area contributed by atoms with E-state index in [1.807, 2.05) is 0 Å².